The number of nitrogens with zero attached hydrogens (tertiary/aromatic N) is 3. The first-order chi connectivity index (χ1) is 13.6. The van der Waals surface area contributed by atoms with Crippen molar-refractivity contribution in [1.29, 1.82) is 0 Å². The number of amides is 1. The van der Waals surface area contributed by atoms with Crippen molar-refractivity contribution >= 4 is 28.4 Å². The second kappa shape index (κ2) is 7.88. The van der Waals surface area contributed by atoms with Gasteiger partial charge in [-0.25, -0.2) is 9.97 Å². The van der Waals surface area contributed by atoms with E-state index < -0.39 is 0 Å². The number of aryl methyl sites for hydroxylation is 2. The number of hydrogen-bond acceptors (Lipinski definition) is 5. The summed E-state index contributed by atoms with van der Waals surface area (Å²) in [4.78, 5) is 26.5. The molecular weight excluding hydrogens is 352 g/mol. The van der Waals surface area contributed by atoms with Gasteiger partial charge >= 0.3 is 0 Å². The number of aromatic nitrogens is 3. The number of nitrogens with one attached hydrogen (secondary N) is 3. The number of benzene rings is 1. The van der Waals surface area contributed by atoms with Crippen molar-refractivity contribution in [2.75, 3.05) is 29.9 Å². The molecule has 0 unspecified atom stereocenters. The molecule has 0 bridgehead atoms. The SMILES string of the molecule is Cc1cc(C)cc(NCC(=O)N[C@@H]2CCCN(c3ncnc4[nH]ccc34)C2)c1. The minimum atomic E-state index is 0.0143. The molecule has 4 rings (SSSR count). The van der Waals surface area contributed by atoms with Gasteiger partial charge < -0.3 is 20.5 Å². The predicted octanol–water partition coefficient (Wildman–Crippen LogP) is 2.77. The van der Waals surface area contributed by atoms with Crippen LogP contribution in [0.4, 0.5) is 11.5 Å². The highest BCUT2D eigenvalue weighted by Crippen LogP contribution is 2.25. The van der Waals surface area contributed by atoms with Crippen LogP contribution in [-0.2, 0) is 4.79 Å². The van der Waals surface area contributed by atoms with Gasteiger partial charge in [0.05, 0.1) is 11.9 Å². The van der Waals surface area contributed by atoms with Crippen molar-refractivity contribution in [3.05, 3.63) is 47.9 Å². The van der Waals surface area contributed by atoms with Crippen LogP contribution in [0, 0.1) is 13.8 Å². The lowest BCUT2D eigenvalue weighted by atomic mass is 10.1. The standard InChI is InChI=1S/C21H26N6O/c1-14-8-15(2)10-17(9-14)23-11-19(28)26-16-4-3-7-27(12-16)21-18-5-6-22-20(18)24-13-25-21/h5-6,8-10,13,16,23H,3-4,7,11-12H2,1-2H3,(H,26,28)(H,22,24,25)/t16-/m1/s1. The maximum absolute atomic E-state index is 12.4. The second-order valence-electron chi connectivity index (χ2n) is 7.52. The average Bonchev–Trinajstić information content (AvgIpc) is 3.15. The van der Waals surface area contributed by atoms with E-state index in [2.05, 4.69) is 62.5 Å². The van der Waals surface area contributed by atoms with E-state index in [0.29, 0.717) is 0 Å². The zero-order valence-corrected chi connectivity index (χ0v) is 16.3. The maximum Gasteiger partial charge on any atom is 0.239 e. The first-order valence-electron chi connectivity index (χ1n) is 9.73. The minimum absolute atomic E-state index is 0.0143. The van der Waals surface area contributed by atoms with Crippen molar-refractivity contribution in [1.82, 2.24) is 20.3 Å². The second-order valence-corrected chi connectivity index (χ2v) is 7.52. The molecule has 1 aromatic carbocycles. The molecule has 7 nitrogen and oxygen atoms in total. The van der Waals surface area contributed by atoms with Crippen LogP contribution in [0.1, 0.15) is 24.0 Å². The van der Waals surface area contributed by atoms with Crippen LogP contribution in [0.25, 0.3) is 11.0 Å². The van der Waals surface area contributed by atoms with Crippen molar-refractivity contribution in [3.63, 3.8) is 0 Å². The van der Waals surface area contributed by atoms with E-state index in [1.165, 1.54) is 11.1 Å². The fourth-order valence-electron chi connectivity index (χ4n) is 3.94. The Morgan fingerprint density at radius 3 is 2.89 bits per heavy atom. The molecule has 0 aliphatic carbocycles. The average molecular weight is 378 g/mol. The van der Waals surface area contributed by atoms with Crippen molar-refractivity contribution in [2.24, 2.45) is 0 Å². The Labute approximate surface area is 164 Å². The summed E-state index contributed by atoms with van der Waals surface area (Å²) in [6.07, 6.45) is 5.47. The highest BCUT2D eigenvalue weighted by atomic mass is 16.2. The number of carbonyl (C=O) groups excluding carboxylic acids is 1. The molecule has 146 valence electrons. The molecule has 1 aliphatic heterocycles. The number of hydrogen-bond donors (Lipinski definition) is 3. The van der Waals surface area contributed by atoms with Crippen LogP contribution in [-0.4, -0.2) is 46.5 Å². The summed E-state index contributed by atoms with van der Waals surface area (Å²) in [5.74, 6) is 0.944. The number of carbonyl (C=O) groups is 1. The molecule has 1 amide bonds. The fourth-order valence-corrected chi connectivity index (χ4v) is 3.94. The van der Waals surface area contributed by atoms with Gasteiger partial charge in [-0.05, 0) is 56.0 Å². The van der Waals surface area contributed by atoms with Gasteiger partial charge in [-0.15, -0.1) is 0 Å². The number of piperidine rings is 1. The van der Waals surface area contributed by atoms with E-state index in [4.69, 9.17) is 0 Å². The molecule has 1 saturated heterocycles. The van der Waals surface area contributed by atoms with E-state index in [1.807, 2.05) is 12.3 Å². The summed E-state index contributed by atoms with van der Waals surface area (Å²) in [5.41, 5.74) is 4.20. The number of aromatic amines is 1. The number of fused-ring (bicyclic) bond motifs is 1. The monoisotopic (exact) mass is 378 g/mol. The zero-order valence-electron chi connectivity index (χ0n) is 16.3. The number of rotatable bonds is 5. The normalized spacial score (nSPS) is 16.9. The lowest BCUT2D eigenvalue weighted by Crippen LogP contribution is -2.49. The van der Waals surface area contributed by atoms with Gasteiger partial charge in [0, 0.05) is 31.0 Å². The zero-order chi connectivity index (χ0) is 19.5. The van der Waals surface area contributed by atoms with E-state index in [9.17, 15) is 4.79 Å². The number of H-pyrrole nitrogens is 1. The van der Waals surface area contributed by atoms with Gasteiger partial charge in [-0.3, -0.25) is 4.79 Å². The van der Waals surface area contributed by atoms with Gasteiger partial charge in [0.25, 0.3) is 0 Å². The Morgan fingerprint density at radius 2 is 2.07 bits per heavy atom. The third-order valence-corrected chi connectivity index (χ3v) is 5.09. The molecule has 0 spiro atoms. The summed E-state index contributed by atoms with van der Waals surface area (Å²) in [6.45, 7) is 6.08. The molecule has 0 radical (unpaired) electrons. The highest BCUT2D eigenvalue weighted by molar-refractivity contribution is 5.87. The minimum Gasteiger partial charge on any atom is -0.376 e. The molecule has 2 aromatic heterocycles. The Morgan fingerprint density at radius 1 is 1.25 bits per heavy atom. The van der Waals surface area contributed by atoms with E-state index in [-0.39, 0.29) is 18.5 Å². The first-order valence-corrected chi connectivity index (χ1v) is 9.73. The Bertz CT molecular complexity index is 962. The molecule has 3 N–H and O–H groups in total. The molecular formula is C21H26N6O. The van der Waals surface area contributed by atoms with E-state index in [0.717, 1.165) is 48.5 Å². The molecule has 7 heteroatoms. The first kappa shape index (κ1) is 18.3. The van der Waals surface area contributed by atoms with Crippen LogP contribution in [0.3, 0.4) is 0 Å². The fraction of sp³-hybridized carbons (Fsp3) is 0.381. The van der Waals surface area contributed by atoms with Crippen molar-refractivity contribution < 1.29 is 4.79 Å². The summed E-state index contributed by atoms with van der Waals surface area (Å²) in [7, 11) is 0. The lowest BCUT2D eigenvalue weighted by molar-refractivity contribution is -0.120. The van der Waals surface area contributed by atoms with Crippen molar-refractivity contribution in [2.45, 2.75) is 32.7 Å². The van der Waals surface area contributed by atoms with Crippen molar-refractivity contribution in [3.8, 4) is 0 Å². The van der Waals surface area contributed by atoms with E-state index in [1.54, 1.807) is 6.33 Å². The summed E-state index contributed by atoms with van der Waals surface area (Å²) >= 11 is 0. The largest absolute Gasteiger partial charge is 0.376 e. The quantitative estimate of drug-likeness (QED) is 0.636. The molecule has 1 aliphatic rings. The van der Waals surface area contributed by atoms with Gasteiger partial charge in [0.1, 0.15) is 17.8 Å². The Balaban J connectivity index is 1.36. The molecule has 1 fully saturated rings. The third-order valence-electron chi connectivity index (χ3n) is 5.09. The summed E-state index contributed by atoms with van der Waals surface area (Å²) < 4.78 is 0. The Kier molecular flexibility index (Phi) is 5.14. The van der Waals surface area contributed by atoms with Gasteiger partial charge in [0.15, 0.2) is 0 Å². The molecule has 3 aromatic rings. The summed E-state index contributed by atoms with van der Waals surface area (Å²) in [6, 6.07) is 8.35. The highest BCUT2D eigenvalue weighted by Gasteiger charge is 2.23. The van der Waals surface area contributed by atoms with Crippen LogP contribution < -0.4 is 15.5 Å². The molecule has 3 heterocycles. The molecule has 1 atom stereocenters. The summed E-state index contributed by atoms with van der Waals surface area (Å²) in [5, 5.41) is 7.41. The predicted molar refractivity (Wildman–Crippen MR) is 112 cm³/mol. The van der Waals surface area contributed by atoms with Gasteiger partial charge in [-0.1, -0.05) is 6.07 Å². The topological polar surface area (TPSA) is 85.9 Å². The van der Waals surface area contributed by atoms with Crippen LogP contribution in [0.5, 0.6) is 0 Å². The van der Waals surface area contributed by atoms with Crippen LogP contribution in [0.15, 0.2) is 36.8 Å². The van der Waals surface area contributed by atoms with Gasteiger partial charge in [-0.2, -0.15) is 0 Å². The third kappa shape index (κ3) is 4.08. The lowest BCUT2D eigenvalue weighted by Gasteiger charge is -2.34. The van der Waals surface area contributed by atoms with Gasteiger partial charge in [0.2, 0.25) is 5.91 Å². The van der Waals surface area contributed by atoms with E-state index >= 15 is 0 Å². The molecule has 0 saturated carbocycles. The maximum atomic E-state index is 12.4. The van der Waals surface area contributed by atoms with Crippen LogP contribution >= 0.6 is 0 Å². The Hall–Kier alpha value is -3.09. The number of anilines is 2. The molecule has 28 heavy (non-hydrogen) atoms. The smallest absolute Gasteiger partial charge is 0.239 e. The van der Waals surface area contributed by atoms with Crippen LogP contribution in [0.2, 0.25) is 0 Å².